The van der Waals surface area contributed by atoms with E-state index in [2.05, 4.69) is 40.3 Å². The molecule has 6 heteroatoms. The third-order valence-corrected chi connectivity index (χ3v) is 4.30. The molecule has 0 saturated carbocycles. The fourth-order valence-electron chi connectivity index (χ4n) is 2.15. The van der Waals surface area contributed by atoms with Crippen LogP contribution in [-0.4, -0.2) is 51.6 Å². The molecule has 1 aliphatic rings. The van der Waals surface area contributed by atoms with E-state index in [0.717, 1.165) is 29.7 Å². The van der Waals surface area contributed by atoms with Crippen LogP contribution in [0.5, 0.6) is 0 Å². The zero-order valence-electron chi connectivity index (χ0n) is 9.85. The van der Waals surface area contributed by atoms with Gasteiger partial charge in [0.05, 0.1) is 0 Å². The third kappa shape index (κ3) is 2.53. The summed E-state index contributed by atoms with van der Waals surface area (Å²) in [6.07, 6.45) is 0. The highest BCUT2D eigenvalue weighted by atomic mass is 35.5. The minimum Gasteiger partial charge on any atom is -0.298 e. The van der Waals surface area contributed by atoms with E-state index in [-0.39, 0.29) is 0 Å². The van der Waals surface area contributed by atoms with Gasteiger partial charge >= 0.3 is 0 Å². The predicted octanol–water partition coefficient (Wildman–Crippen LogP) is 1.72. The molecular formula is C10H17ClN4S. The third-order valence-electron chi connectivity index (χ3n) is 3.32. The molecule has 1 aromatic heterocycles. The van der Waals surface area contributed by atoms with E-state index in [1.54, 1.807) is 0 Å². The van der Waals surface area contributed by atoms with Gasteiger partial charge in [-0.2, -0.15) is 0 Å². The summed E-state index contributed by atoms with van der Waals surface area (Å²) >= 11 is 7.28. The molecule has 1 aliphatic heterocycles. The van der Waals surface area contributed by atoms with Crippen LogP contribution < -0.4 is 0 Å². The molecular weight excluding hydrogens is 244 g/mol. The van der Waals surface area contributed by atoms with Crippen molar-refractivity contribution in [2.24, 2.45) is 0 Å². The van der Waals surface area contributed by atoms with Gasteiger partial charge in [0.15, 0.2) is 0 Å². The van der Waals surface area contributed by atoms with E-state index in [0.29, 0.717) is 12.1 Å². The average molecular weight is 261 g/mol. The summed E-state index contributed by atoms with van der Waals surface area (Å²) in [6.45, 7) is 7.45. The molecule has 1 fully saturated rings. The Bertz CT molecular complexity index is 344. The molecule has 0 spiro atoms. The van der Waals surface area contributed by atoms with Gasteiger partial charge in [-0.3, -0.25) is 9.80 Å². The van der Waals surface area contributed by atoms with Gasteiger partial charge < -0.3 is 0 Å². The Kier molecular flexibility index (Phi) is 3.79. The molecule has 0 N–H and O–H groups in total. The van der Waals surface area contributed by atoms with Crippen LogP contribution in [0.4, 0.5) is 0 Å². The van der Waals surface area contributed by atoms with Gasteiger partial charge in [0, 0.05) is 43.3 Å². The van der Waals surface area contributed by atoms with E-state index < -0.39 is 0 Å². The van der Waals surface area contributed by atoms with E-state index >= 15 is 0 Å². The molecule has 2 atom stereocenters. The minimum atomic E-state index is 0.578. The van der Waals surface area contributed by atoms with Crippen LogP contribution in [0.25, 0.3) is 0 Å². The van der Waals surface area contributed by atoms with E-state index in [1.807, 2.05) is 0 Å². The maximum Gasteiger partial charge on any atom is 0.138 e. The van der Waals surface area contributed by atoms with Crippen molar-refractivity contribution in [2.45, 2.75) is 32.5 Å². The standard InChI is InChI=1S/C10H17ClN4S/c1-7-4-15(5-8(2)14(7)3)6-9-10(11)16-13-12-9/h7-8H,4-6H2,1-3H3. The number of likely N-dealkylation sites (N-methyl/N-ethyl adjacent to an activating group) is 1. The van der Waals surface area contributed by atoms with Crippen molar-refractivity contribution >= 4 is 23.1 Å². The lowest BCUT2D eigenvalue weighted by atomic mass is 10.1. The van der Waals surface area contributed by atoms with Crippen molar-refractivity contribution < 1.29 is 0 Å². The van der Waals surface area contributed by atoms with Crippen LogP contribution in [0.1, 0.15) is 19.5 Å². The number of piperazine rings is 1. The molecule has 0 aliphatic carbocycles. The van der Waals surface area contributed by atoms with Crippen molar-refractivity contribution in [3.8, 4) is 0 Å². The van der Waals surface area contributed by atoms with Crippen LogP contribution in [0, 0.1) is 0 Å². The summed E-state index contributed by atoms with van der Waals surface area (Å²) < 4.78 is 4.58. The number of hydrogen-bond donors (Lipinski definition) is 0. The Morgan fingerprint density at radius 2 is 2.00 bits per heavy atom. The van der Waals surface area contributed by atoms with Crippen LogP contribution >= 0.6 is 23.1 Å². The largest absolute Gasteiger partial charge is 0.298 e. The number of rotatable bonds is 2. The molecule has 2 unspecified atom stereocenters. The van der Waals surface area contributed by atoms with Crippen LogP contribution in [-0.2, 0) is 6.54 Å². The molecule has 16 heavy (non-hydrogen) atoms. The van der Waals surface area contributed by atoms with Crippen molar-refractivity contribution in [3.63, 3.8) is 0 Å². The summed E-state index contributed by atoms with van der Waals surface area (Å²) in [5.41, 5.74) is 0.913. The Labute approximate surface area is 105 Å². The lowest BCUT2D eigenvalue weighted by molar-refractivity contribution is 0.0549. The highest BCUT2D eigenvalue weighted by Crippen LogP contribution is 2.21. The lowest BCUT2D eigenvalue weighted by Gasteiger charge is -2.42. The number of aromatic nitrogens is 2. The second-order valence-electron chi connectivity index (χ2n) is 4.55. The minimum absolute atomic E-state index is 0.578. The predicted molar refractivity (Wildman–Crippen MR) is 66.9 cm³/mol. The van der Waals surface area contributed by atoms with Gasteiger partial charge in [0.2, 0.25) is 0 Å². The maximum atomic E-state index is 6.02. The van der Waals surface area contributed by atoms with E-state index in [1.165, 1.54) is 11.5 Å². The molecule has 0 aromatic carbocycles. The molecule has 1 saturated heterocycles. The SMILES string of the molecule is CC1CN(Cc2nnsc2Cl)CC(C)N1C. The molecule has 4 nitrogen and oxygen atoms in total. The number of nitrogens with zero attached hydrogens (tertiary/aromatic N) is 4. The molecule has 0 amide bonds. The van der Waals surface area contributed by atoms with Gasteiger partial charge in [-0.25, -0.2) is 0 Å². The second-order valence-corrected chi connectivity index (χ2v) is 5.91. The Hall–Kier alpha value is -0.230. The summed E-state index contributed by atoms with van der Waals surface area (Å²) in [5, 5.41) is 4.06. The smallest absolute Gasteiger partial charge is 0.138 e. The van der Waals surface area contributed by atoms with E-state index in [9.17, 15) is 0 Å². The summed E-state index contributed by atoms with van der Waals surface area (Å²) in [5.74, 6) is 0. The first-order valence-corrected chi connectivity index (χ1v) is 6.64. The van der Waals surface area contributed by atoms with Crippen molar-refractivity contribution in [2.75, 3.05) is 20.1 Å². The molecule has 1 aromatic rings. The van der Waals surface area contributed by atoms with Crippen LogP contribution in [0.3, 0.4) is 0 Å². The van der Waals surface area contributed by atoms with E-state index in [4.69, 9.17) is 11.6 Å². The maximum absolute atomic E-state index is 6.02. The highest BCUT2D eigenvalue weighted by Gasteiger charge is 2.27. The lowest BCUT2D eigenvalue weighted by Crippen LogP contribution is -2.54. The summed E-state index contributed by atoms with van der Waals surface area (Å²) in [4.78, 5) is 4.81. The fraction of sp³-hybridized carbons (Fsp3) is 0.800. The molecule has 0 bridgehead atoms. The Morgan fingerprint density at radius 3 is 2.50 bits per heavy atom. The topological polar surface area (TPSA) is 32.3 Å². The van der Waals surface area contributed by atoms with Gasteiger partial charge in [0.25, 0.3) is 0 Å². The first-order valence-electron chi connectivity index (χ1n) is 5.49. The normalized spacial score (nSPS) is 28.5. The summed E-state index contributed by atoms with van der Waals surface area (Å²) in [7, 11) is 2.18. The Morgan fingerprint density at radius 1 is 1.38 bits per heavy atom. The van der Waals surface area contributed by atoms with Crippen molar-refractivity contribution in [1.29, 1.82) is 0 Å². The van der Waals surface area contributed by atoms with Gasteiger partial charge in [-0.1, -0.05) is 16.1 Å². The molecule has 2 heterocycles. The quantitative estimate of drug-likeness (QED) is 0.811. The number of hydrogen-bond acceptors (Lipinski definition) is 5. The van der Waals surface area contributed by atoms with Crippen molar-refractivity contribution in [3.05, 3.63) is 10.0 Å². The van der Waals surface area contributed by atoms with Gasteiger partial charge in [-0.15, -0.1) is 5.10 Å². The zero-order valence-corrected chi connectivity index (χ0v) is 11.4. The highest BCUT2D eigenvalue weighted by molar-refractivity contribution is 7.10. The van der Waals surface area contributed by atoms with Crippen molar-refractivity contribution in [1.82, 2.24) is 19.4 Å². The first-order chi connectivity index (χ1) is 7.58. The molecule has 2 rings (SSSR count). The van der Waals surface area contributed by atoms with Gasteiger partial charge in [-0.05, 0) is 20.9 Å². The van der Waals surface area contributed by atoms with Gasteiger partial charge in [0.1, 0.15) is 10.0 Å². The molecule has 0 radical (unpaired) electrons. The van der Waals surface area contributed by atoms with Crippen LogP contribution in [0.15, 0.2) is 0 Å². The number of halogens is 1. The second kappa shape index (κ2) is 4.96. The fourth-order valence-corrected chi connectivity index (χ4v) is 2.76. The Balaban J connectivity index is 1.99. The monoisotopic (exact) mass is 260 g/mol. The summed E-state index contributed by atoms with van der Waals surface area (Å²) in [6, 6.07) is 1.16. The molecule has 90 valence electrons. The first kappa shape index (κ1) is 12.2. The average Bonchev–Trinajstić information content (AvgIpc) is 2.61. The van der Waals surface area contributed by atoms with Crippen LogP contribution in [0.2, 0.25) is 4.34 Å². The zero-order chi connectivity index (χ0) is 11.7.